The monoisotopic (exact) mass is 426 g/mol. The molecule has 3 aromatic rings. The number of aryl methyl sites for hydroxylation is 2. The average molecular weight is 426 g/mol. The van der Waals surface area contributed by atoms with Crippen molar-refractivity contribution in [1.82, 2.24) is 9.13 Å². The fourth-order valence-electron chi connectivity index (χ4n) is 3.68. The number of fused-ring (bicyclic) bond motifs is 2. The molecule has 4 rings (SSSR count). The predicted molar refractivity (Wildman–Crippen MR) is 112 cm³/mol. The van der Waals surface area contributed by atoms with E-state index in [9.17, 15) is 14.4 Å². The smallest absolute Gasteiger partial charge is 0.417 e. The van der Waals surface area contributed by atoms with E-state index < -0.39 is 17.2 Å². The maximum atomic E-state index is 13.2. The van der Waals surface area contributed by atoms with Gasteiger partial charge < -0.3 is 14.2 Å². The molecule has 0 saturated heterocycles. The number of benzene rings is 1. The quantitative estimate of drug-likeness (QED) is 0.587. The molecule has 31 heavy (non-hydrogen) atoms. The lowest BCUT2D eigenvalue weighted by Crippen LogP contribution is -2.40. The Balaban J connectivity index is 2.11. The topological polar surface area (TPSA) is 103 Å². The van der Waals surface area contributed by atoms with Crippen molar-refractivity contribution in [2.75, 3.05) is 13.4 Å². The first-order chi connectivity index (χ1) is 14.7. The molecule has 1 N–H and O–H groups in total. The Bertz CT molecular complexity index is 1340. The fourth-order valence-corrected chi connectivity index (χ4v) is 3.68. The van der Waals surface area contributed by atoms with Gasteiger partial charge in [0, 0.05) is 12.6 Å². The van der Waals surface area contributed by atoms with E-state index in [1.807, 2.05) is 13.8 Å². The maximum Gasteiger partial charge on any atom is 0.417 e. The van der Waals surface area contributed by atoms with Crippen LogP contribution in [0, 0.1) is 12.8 Å². The molecule has 0 saturated carbocycles. The van der Waals surface area contributed by atoms with Gasteiger partial charge in [0.25, 0.3) is 11.2 Å². The second kappa shape index (κ2) is 7.57. The number of ether oxygens (including phenoxy) is 3. The molecule has 1 aliphatic rings. The first kappa shape index (κ1) is 20.6. The number of esters is 1. The number of aromatic nitrogens is 3. The highest BCUT2D eigenvalue weighted by Gasteiger charge is 2.30. The van der Waals surface area contributed by atoms with Crippen LogP contribution in [0.25, 0.3) is 22.2 Å². The van der Waals surface area contributed by atoms with Gasteiger partial charge in [-0.15, -0.1) is 0 Å². The SMILES string of the molecule is Cc1[nH+]c2c(c(-c3ccc4c(c3)OCO4)c1C(=O)OCC(C)C)c(=O)n(C)c(=O)n2C. The third-order valence-electron chi connectivity index (χ3n) is 5.26. The number of nitrogens with one attached hydrogen (secondary N) is 1. The van der Waals surface area contributed by atoms with E-state index in [0.29, 0.717) is 34.0 Å². The lowest BCUT2D eigenvalue weighted by atomic mass is 9.95. The molecule has 2 aromatic heterocycles. The van der Waals surface area contributed by atoms with E-state index >= 15 is 0 Å². The summed E-state index contributed by atoms with van der Waals surface area (Å²) < 4.78 is 18.8. The number of carbonyl (C=O) groups is 1. The van der Waals surface area contributed by atoms with Gasteiger partial charge in [0.1, 0.15) is 16.6 Å². The van der Waals surface area contributed by atoms with Crippen LogP contribution in [-0.2, 0) is 18.8 Å². The van der Waals surface area contributed by atoms with Gasteiger partial charge in [0.2, 0.25) is 6.79 Å². The molecule has 162 valence electrons. The van der Waals surface area contributed by atoms with E-state index in [1.165, 1.54) is 11.6 Å². The van der Waals surface area contributed by atoms with Crippen LogP contribution in [0.2, 0.25) is 0 Å². The second-order valence-electron chi connectivity index (χ2n) is 7.99. The molecule has 0 bridgehead atoms. The lowest BCUT2D eigenvalue weighted by molar-refractivity contribution is -0.359. The predicted octanol–water partition coefficient (Wildman–Crippen LogP) is 1.57. The van der Waals surface area contributed by atoms with E-state index in [-0.39, 0.29) is 30.3 Å². The van der Waals surface area contributed by atoms with Gasteiger partial charge in [-0.05, 0) is 30.5 Å². The van der Waals surface area contributed by atoms with Gasteiger partial charge in [0.05, 0.1) is 13.7 Å². The largest absolute Gasteiger partial charge is 0.462 e. The minimum Gasteiger partial charge on any atom is -0.462 e. The number of nitrogens with zero attached hydrogens (tertiary/aromatic N) is 2. The van der Waals surface area contributed by atoms with Crippen LogP contribution in [0.3, 0.4) is 0 Å². The molecule has 0 radical (unpaired) electrons. The van der Waals surface area contributed by atoms with Crippen LogP contribution in [0.5, 0.6) is 11.5 Å². The molecule has 0 fully saturated rings. The minimum atomic E-state index is -0.548. The Morgan fingerprint density at radius 3 is 2.58 bits per heavy atom. The number of aromatic amines is 1. The van der Waals surface area contributed by atoms with Gasteiger partial charge >= 0.3 is 11.7 Å². The Morgan fingerprint density at radius 1 is 1.16 bits per heavy atom. The van der Waals surface area contributed by atoms with E-state index in [0.717, 1.165) is 4.57 Å². The highest BCUT2D eigenvalue weighted by molar-refractivity contribution is 6.06. The van der Waals surface area contributed by atoms with Gasteiger partial charge in [-0.3, -0.25) is 4.79 Å². The first-order valence-corrected chi connectivity index (χ1v) is 9.93. The number of pyridine rings is 1. The molecule has 1 aliphatic heterocycles. The number of hydrogen-bond acceptors (Lipinski definition) is 6. The van der Waals surface area contributed by atoms with Crippen LogP contribution in [0.1, 0.15) is 29.9 Å². The van der Waals surface area contributed by atoms with Gasteiger partial charge in [-0.2, -0.15) is 4.57 Å². The van der Waals surface area contributed by atoms with Crippen molar-refractivity contribution in [3.05, 3.63) is 50.3 Å². The lowest BCUT2D eigenvalue weighted by Gasteiger charge is -2.15. The highest BCUT2D eigenvalue weighted by atomic mass is 16.7. The molecule has 0 unspecified atom stereocenters. The zero-order chi connectivity index (χ0) is 22.4. The van der Waals surface area contributed by atoms with Crippen LogP contribution >= 0.6 is 0 Å². The average Bonchev–Trinajstić information content (AvgIpc) is 3.21. The summed E-state index contributed by atoms with van der Waals surface area (Å²) in [7, 11) is 2.98. The minimum absolute atomic E-state index is 0.0979. The Hall–Kier alpha value is -3.62. The molecule has 0 amide bonds. The van der Waals surface area contributed by atoms with Gasteiger partial charge in [-0.1, -0.05) is 19.9 Å². The van der Waals surface area contributed by atoms with Gasteiger partial charge in [0.15, 0.2) is 11.5 Å². The molecule has 9 heteroatoms. The summed E-state index contributed by atoms with van der Waals surface area (Å²) in [5.41, 5.74) is 1.02. The van der Waals surface area contributed by atoms with Crippen molar-refractivity contribution in [1.29, 1.82) is 0 Å². The van der Waals surface area contributed by atoms with E-state index in [1.54, 1.807) is 32.2 Å². The van der Waals surface area contributed by atoms with Crippen molar-refractivity contribution in [3.8, 4) is 22.6 Å². The number of hydrogen-bond donors (Lipinski definition) is 0. The molecule has 1 aromatic carbocycles. The highest BCUT2D eigenvalue weighted by Crippen LogP contribution is 2.38. The summed E-state index contributed by atoms with van der Waals surface area (Å²) in [5, 5.41) is 0.213. The van der Waals surface area contributed by atoms with Crippen molar-refractivity contribution >= 4 is 17.0 Å². The molecular formula is C22H24N3O6+. The summed E-state index contributed by atoms with van der Waals surface area (Å²) in [6.45, 7) is 5.93. The summed E-state index contributed by atoms with van der Waals surface area (Å²) in [6, 6.07) is 5.21. The Labute approximate surface area is 177 Å². The molecule has 3 heterocycles. The Morgan fingerprint density at radius 2 is 1.87 bits per heavy atom. The van der Waals surface area contributed by atoms with Gasteiger partial charge in [-0.25, -0.2) is 19.1 Å². The zero-order valence-corrected chi connectivity index (χ0v) is 18.1. The second-order valence-corrected chi connectivity index (χ2v) is 7.99. The van der Waals surface area contributed by atoms with Crippen LogP contribution in [-0.4, -0.2) is 28.5 Å². The summed E-state index contributed by atoms with van der Waals surface area (Å²) >= 11 is 0. The summed E-state index contributed by atoms with van der Waals surface area (Å²) in [4.78, 5) is 41.9. The first-order valence-electron chi connectivity index (χ1n) is 9.93. The number of carbonyl (C=O) groups excluding carboxylic acids is 1. The summed E-state index contributed by atoms with van der Waals surface area (Å²) in [6.07, 6.45) is 0. The van der Waals surface area contributed by atoms with Crippen LogP contribution < -0.4 is 25.7 Å². The molecule has 0 spiro atoms. The van der Waals surface area contributed by atoms with Crippen molar-refractivity contribution in [2.24, 2.45) is 20.0 Å². The van der Waals surface area contributed by atoms with Crippen molar-refractivity contribution in [2.45, 2.75) is 20.8 Å². The van der Waals surface area contributed by atoms with E-state index in [4.69, 9.17) is 14.2 Å². The van der Waals surface area contributed by atoms with Crippen LogP contribution in [0.15, 0.2) is 27.8 Å². The normalized spacial score (nSPS) is 12.6. The van der Waals surface area contributed by atoms with Crippen LogP contribution in [0.4, 0.5) is 0 Å². The molecule has 9 nitrogen and oxygen atoms in total. The Kier molecular flexibility index (Phi) is 5.04. The standard InChI is InChI=1S/C22H23N3O6/c1-11(2)9-29-21(27)16-12(3)23-19-18(20(26)25(5)22(28)24(19)4)17(16)13-6-7-14-15(8-13)31-10-30-14/h6-8,11H,9-10H2,1-5H3/p+1. The zero-order valence-electron chi connectivity index (χ0n) is 18.1. The number of rotatable bonds is 4. The molecule has 0 atom stereocenters. The number of H-pyrrole nitrogens is 1. The van der Waals surface area contributed by atoms with Crippen molar-refractivity contribution in [3.63, 3.8) is 0 Å². The molecular weight excluding hydrogens is 402 g/mol. The van der Waals surface area contributed by atoms with Crippen molar-refractivity contribution < 1.29 is 24.0 Å². The molecule has 0 aliphatic carbocycles. The summed E-state index contributed by atoms with van der Waals surface area (Å²) in [5.74, 6) is 0.695. The third kappa shape index (κ3) is 3.35. The maximum absolute atomic E-state index is 13.2. The van der Waals surface area contributed by atoms with E-state index in [2.05, 4.69) is 4.98 Å². The fraction of sp³-hybridized carbons (Fsp3) is 0.364. The third-order valence-corrected chi connectivity index (χ3v) is 5.26.